The van der Waals surface area contributed by atoms with Crippen molar-refractivity contribution in [1.29, 1.82) is 0 Å². The van der Waals surface area contributed by atoms with Gasteiger partial charge in [0.2, 0.25) is 11.8 Å². The fourth-order valence-electron chi connectivity index (χ4n) is 3.82. The Hall–Kier alpha value is -3.40. The van der Waals surface area contributed by atoms with Crippen LogP contribution < -0.4 is 21.5 Å². The van der Waals surface area contributed by atoms with Crippen LogP contribution in [-0.2, 0) is 22.6 Å². The molecule has 1 aromatic heterocycles. The third kappa shape index (κ3) is 5.25. The van der Waals surface area contributed by atoms with Crippen molar-refractivity contribution >= 4 is 17.7 Å². The molecule has 3 rings (SSSR count). The standard InChI is InChI=1S/C22H30N6O4/c1-2-15-3-4-16(20(24)30)17(11-15)32-14-22(5-9-28(10-6-22)19(29)12-23)21(31)27-13-18-25-7-8-26-18/h3-4,7-8,11H,2,5-6,9-10,12-14,23H2,1H3,(H2,24,30)(H,25,26)(H,27,31). The van der Waals surface area contributed by atoms with E-state index in [-0.39, 0.29) is 37.1 Å². The number of aromatic amines is 1. The van der Waals surface area contributed by atoms with Crippen LogP contribution >= 0.6 is 0 Å². The smallest absolute Gasteiger partial charge is 0.252 e. The average Bonchev–Trinajstić information content (AvgIpc) is 3.34. The molecule has 32 heavy (non-hydrogen) atoms. The van der Waals surface area contributed by atoms with Crippen molar-refractivity contribution < 1.29 is 19.1 Å². The fraction of sp³-hybridized carbons (Fsp3) is 0.455. The molecule has 0 spiro atoms. The Kier molecular flexibility index (Phi) is 7.47. The van der Waals surface area contributed by atoms with Crippen LogP contribution in [0.2, 0.25) is 0 Å². The maximum Gasteiger partial charge on any atom is 0.252 e. The number of carbonyl (C=O) groups is 3. The summed E-state index contributed by atoms with van der Waals surface area (Å²) in [5, 5.41) is 2.92. The molecular formula is C22H30N6O4. The monoisotopic (exact) mass is 442 g/mol. The minimum absolute atomic E-state index is 0.0507. The number of nitrogens with zero attached hydrogens (tertiary/aromatic N) is 2. The van der Waals surface area contributed by atoms with E-state index in [0.717, 1.165) is 12.0 Å². The van der Waals surface area contributed by atoms with Crippen molar-refractivity contribution in [2.75, 3.05) is 26.2 Å². The number of hydrogen-bond acceptors (Lipinski definition) is 6. The first-order valence-corrected chi connectivity index (χ1v) is 10.7. The van der Waals surface area contributed by atoms with Gasteiger partial charge in [-0.25, -0.2) is 4.98 Å². The first kappa shape index (κ1) is 23.3. The van der Waals surface area contributed by atoms with Crippen LogP contribution in [0, 0.1) is 5.41 Å². The Morgan fingerprint density at radius 2 is 2.03 bits per heavy atom. The Bertz CT molecular complexity index is 951. The van der Waals surface area contributed by atoms with Crippen LogP contribution in [0.5, 0.6) is 5.75 Å². The first-order valence-electron chi connectivity index (χ1n) is 10.7. The van der Waals surface area contributed by atoms with Crippen molar-refractivity contribution in [3.05, 3.63) is 47.5 Å². The number of aryl methyl sites for hydroxylation is 1. The van der Waals surface area contributed by atoms with E-state index in [4.69, 9.17) is 16.2 Å². The minimum Gasteiger partial charge on any atom is -0.492 e. The number of carbonyl (C=O) groups excluding carboxylic acids is 3. The Labute approximate surface area is 186 Å². The van der Waals surface area contributed by atoms with E-state index in [2.05, 4.69) is 15.3 Å². The fourth-order valence-corrected chi connectivity index (χ4v) is 3.82. The van der Waals surface area contributed by atoms with Crippen molar-refractivity contribution in [2.45, 2.75) is 32.7 Å². The Morgan fingerprint density at radius 3 is 2.62 bits per heavy atom. The molecule has 0 aliphatic carbocycles. The topological polar surface area (TPSA) is 156 Å². The Balaban J connectivity index is 1.79. The molecular weight excluding hydrogens is 412 g/mol. The maximum absolute atomic E-state index is 13.3. The predicted molar refractivity (Wildman–Crippen MR) is 118 cm³/mol. The quantitative estimate of drug-likeness (QED) is 0.438. The molecule has 0 radical (unpaired) electrons. The maximum atomic E-state index is 13.3. The van der Waals surface area contributed by atoms with Gasteiger partial charge in [0.25, 0.3) is 5.91 Å². The van der Waals surface area contributed by atoms with Gasteiger partial charge in [-0.3, -0.25) is 14.4 Å². The van der Waals surface area contributed by atoms with Crippen LogP contribution in [-0.4, -0.2) is 58.8 Å². The van der Waals surface area contributed by atoms with E-state index in [1.54, 1.807) is 29.4 Å². The number of hydrogen-bond donors (Lipinski definition) is 4. The van der Waals surface area contributed by atoms with Gasteiger partial charge in [-0.15, -0.1) is 0 Å². The first-order chi connectivity index (χ1) is 15.4. The number of piperidine rings is 1. The van der Waals surface area contributed by atoms with Gasteiger partial charge in [-0.1, -0.05) is 13.0 Å². The predicted octanol–water partition coefficient (Wildman–Crippen LogP) is 0.334. The van der Waals surface area contributed by atoms with Gasteiger partial charge in [0.1, 0.15) is 18.2 Å². The molecule has 10 heteroatoms. The van der Waals surface area contributed by atoms with E-state index in [9.17, 15) is 14.4 Å². The lowest BCUT2D eigenvalue weighted by Gasteiger charge is -2.40. The van der Waals surface area contributed by atoms with Gasteiger partial charge in [-0.2, -0.15) is 0 Å². The van der Waals surface area contributed by atoms with Crippen LogP contribution in [0.4, 0.5) is 0 Å². The molecule has 1 fully saturated rings. The lowest BCUT2D eigenvalue weighted by molar-refractivity contribution is -0.141. The highest BCUT2D eigenvalue weighted by molar-refractivity contribution is 5.95. The molecule has 1 aliphatic heterocycles. The molecule has 2 aromatic rings. The molecule has 1 saturated heterocycles. The number of H-pyrrole nitrogens is 1. The largest absolute Gasteiger partial charge is 0.492 e. The second-order valence-corrected chi connectivity index (χ2v) is 7.92. The van der Waals surface area contributed by atoms with Gasteiger partial charge in [0.05, 0.1) is 24.1 Å². The summed E-state index contributed by atoms with van der Waals surface area (Å²) in [6.07, 6.45) is 4.87. The van der Waals surface area contributed by atoms with Gasteiger partial charge in [-0.05, 0) is 37.0 Å². The molecule has 1 aliphatic rings. The second kappa shape index (κ2) is 10.3. The number of likely N-dealkylation sites (tertiary alicyclic amines) is 1. The van der Waals surface area contributed by atoms with Crippen LogP contribution in [0.3, 0.4) is 0 Å². The minimum atomic E-state index is -0.880. The second-order valence-electron chi connectivity index (χ2n) is 7.92. The zero-order valence-corrected chi connectivity index (χ0v) is 18.2. The normalized spacial score (nSPS) is 15.2. The van der Waals surface area contributed by atoms with Gasteiger partial charge in [0.15, 0.2) is 0 Å². The highest BCUT2D eigenvalue weighted by atomic mass is 16.5. The summed E-state index contributed by atoms with van der Waals surface area (Å²) in [4.78, 5) is 45.9. The molecule has 0 unspecified atom stereocenters. The molecule has 1 aromatic carbocycles. The summed E-state index contributed by atoms with van der Waals surface area (Å²) in [7, 11) is 0. The van der Waals surface area contributed by atoms with E-state index in [1.165, 1.54) is 0 Å². The molecule has 0 saturated carbocycles. The molecule has 0 bridgehead atoms. The zero-order chi connectivity index (χ0) is 23.1. The van der Waals surface area contributed by atoms with E-state index >= 15 is 0 Å². The molecule has 2 heterocycles. The number of rotatable bonds is 9. The lowest BCUT2D eigenvalue weighted by Crippen LogP contribution is -2.53. The summed E-state index contributed by atoms with van der Waals surface area (Å²) < 4.78 is 6.05. The summed E-state index contributed by atoms with van der Waals surface area (Å²) >= 11 is 0. The van der Waals surface area contributed by atoms with E-state index in [0.29, 0.717) is 37.5 Å². The van der Waals surface area contributed by atoms with Crippen molar-refractivity contribution in [1.82, 2.24) is 20.2 Å². The number of imidazole rings is 1. The highest BCUT2D eigenvalue weighted by Gasteiger charge is 2.43. The van der Waals surface area contributed by atoms with Gasteiger partial charge >= 0.3 is 0 Å². The number of nitrogens with two attached hydrogens (primary N) is 2. The lowest BCUT2D eigenvalue weighted by atomic mass is 9.78. The number of benzene rings is 1. The van der Waals surface area contributed by atoms with Gasteiger partial charge in [0, 0.05) is 25.5 Å². The number of nitrogens with one attached hydrogen (secondary N) is 2. The number of amides is 3. The van der Waals surface area contributed by atoms with Crippen LogP contribution in [0.25, 0.3) is 0 Å². The van der Waals surface area contributed by atoms with Gasteiger partial charge < -0.3 is 31.4 Å². The van der Waals surface area contributed by atoms with E-state index < -0.39 is 11.3 Å². The van der Waals surface area contributed by atoms with Crippen LogP contribution in [0.15, 0.2) is 30.6 Å². The SMILES string of the molecule is CCc1ccc(C(N)=O)c(OCC2(C(=O)NCc3ncc[nH]3)CCN(C(=O)CN)CC2)c1. The Morgan fingerprint density at radius 1 is 1.28 bits per heavy atom. The average molecular weight is 443 g/mol. The number of aromatic nitrogens is 2. The van der Waals surface area contributed by atoms with Crippen molar-refractivity contribution in [3.8, 4) is 5.75 Å². The highest BCUT2D eigenvalue weighted by Crippen LogP contribution is 2.34. The summed E-state index contributed by atoms with van der Waals surface area (Å²) in [6, 6.07) is 5.25. The van der Waals surface area contributed by atoms with Crippen molar-refractivity contribution in [2.24, 2.45) is 16.9 Å². The molecule has 10 nitrogen and oxygen atoms in total. The molecule has 172 valence electrons. The third-order valence-electron chi connectivity index (χ3n) is 5.92. The number of ether oxygens (including phenoxy) is 1. The summed E-state index contributed by atoms with van der Waals surface area (Å²) in [5.41, 5.74) is 11.4. The zero-order valence-electron chi connectivity index (χ0n) is 18.2. The van der Waals surface area contributed by atoms with Crippen molar-refractivity contribution in [3.63, 3.8) is 0 Å². The van der Waals surface area contributed by atoms with Crippen LogP contribution in [0.1, 0.15) is 41.5 Å². The molecule has 6 N–H and O–H groups in total. The molecule has 0 atom stereocenters. The van der Waals surface area contributed by atoms with E-state index in [1.807, 2.05) is 13.0 Å². The molecule has 3 amide bonds. The summed E-state index contributed by atoms with van der Waals surface area (Å²) in [5.74, 6) is 0.0536. The number of primary amides is 1. The third-order valence-corrected chi connectivity index (χ3v) is 5.92. The summed E-state index contributed by atoms with van der Waals surface area (Å²) in [6.45, 7) is 3.01.